The lowest BCUT2D eigenvalue weighted by Gasteiger charge is -2.13. The molecule has 0 bridgehead atoms. The molecule has 0 radical (unpaired) electrons. The van der Waals surface area contributed by atoms with Gasteiger partial charge < -0.3 is 14.6 Å². The van der Waals surface area contributed by atoms with Crippen LogP contribution in [0.25, 0.3) is 0 Å². The Morgan fingerprint density at radius 2 is 1.88 bits per heavy atom. The summed E-state index contributed by atoms with van der Waals surface area (Å²) >= 11 is 3.19. The van der Waals surface area contributed by atoms with Crippen molar-refractivity contribution in [3.63, 3.8) is 0 Å². The number of halogens is 1. The molecular weight excluding hydrogens is 272 g/mol. The quantitative estimate of drug-likeness (QED) is 0.784. The molecule has 1 N–H and O–H groups in total. The van der Waals surface area contributed by atoms with Crippen molar-refractivity contribution in [2.75, 3.05) is 18.5 Å². The fourth-order valence-corrected chi connectivity index (χ4v) is 1.32. The van der Waals surface area contributed by atoms with E-state index in [2.05, 4.69) is 22.9 Å². The number of alkyl halides is 1. The summed E-state index contributed by atoms with van der Waals surface area (Å²) in [7, 11) is 0. The minimum absolute atomic E-state index is 0.262. The second kappa shape index (κ2) is 7.52. The molecule has 4 heteroatoms. The molecule has 90 valence electrons. The van der Waals surface area contributed by atoms with Crippen molar-refractivity contribution < 1.29 is 14.6 Å². The Morgan fingerprint density at radius 3 is 2.44 bits per heavy atom. The van der Waals surface area contributed by atoms with Crippen LogP contribution in [0, 0.1) is 0 Å². The number of hydrogen-bond donors (Lipinski definition) is 1. The van der Waals surface area contributed by atoms with E-state index < -0.39 is 6.10 Å². The average Bonchev–Trinajstić information content (AvgIpc) is 2.34. The maximum absolute atomic E-state index is 9.37. The van der Waals surface area contributed by atoms with Crippen LogP contribution in [0.3, 0.4) is 0 Å². The Labute approximate surface area is 105 Å². The van der Waals surface area contributed by atoms with Gasteiger partial charge in [-0.15, -0.1) is 0 Å². The minimum atomic E-state index is -0.501. The van der Waals surface area contributed by atoms with Crippen molar-refractivity contribution >= 4 is 15.9 Å². The topological polar surface area (TPSA) is 38.7 Å². The van der Waals surface area contributed by atoms with E-state index in [1.807, 2.05) is 24.3 Å². The molecule has 0 aliphatic carbocycles. The molecule has 0 saturated carbocycles. The smallest absolute Gasteiger partial charge is 0.161 e. The van der Waals surface area contributed by atoms with Crippen LogP contribution < -0.4 is 9.47 Å². The van der Waals surface area contributed by atoms with Gasteiger partial charge in [0.05, 0.1) is 12.7 Å². The molecule has 0 fully saturated rings. The van der Waals surface area contributed by atoms with Gasteiger partial charge in [0.1, 0.15) is 6.61 Å². The first kappa shape index (κ1) is 13.3. The van der Waals surface area contributed by atoms with E-state index in [1.54, 1.807) is 0 Å². The Hall–Kier alpha value is -0.740. The molecule has 0 spiro atoms. The van der Waals surface area contributed by atoms with Crippen LogP contribution >= 0.6 is 15.9 Å². The molecule has 1 aromatic rings. The lowest BCUT2D eigenvalue weighted by atomic mass is 10.3. The highest BCUT2D eigenvalue weighted by Gasteiger charge is 2.07. The number of para-hydroxylation sites is 2. The Morgan fingerprint density at radius 1 is 1.25 bits per heavy atom. The maximum atomic E-state index is 9.37. The number of aliphatic hydroxyl groups excluding tert-OH is 1. The maximum Gasteiger partial charge on any atom is 0.161 e. The van der Waals surface area contributed by atoms with Crippen LogP contribution in [0.4, 0.5) is 0 Å². The summed E-state index contributed by atoms with van der Waals surface area (Å²) < 4.78 is 11.0. The highest BCUT2D eigenvalue weighted by Crippen LogP contribution is 2.26. The molecule has 0 amide bonds. The Kier molecular flexibility index (Phi) is 6.26. The normalized spacial score (nSPS) is 12.2. The molecule has 1 atom stereocenters. The summed E-state index contributed by atoms with van der Waals surface area (Å²) in [5.74, 6) is 1.40. The third kappa shape index (κ3) is 4.41. The monoisotopic (exact) mass is 288 g/mol. The van der Waals surface area contributed by atoms with Gasteiger partial charge in [-0.3, -0.25) is 0 Å². The highest BCUT2D eigenvalue weighted by molar-refractivity contribution is 9.09. The predicted molar refractivity (Wildman–Crippen MR) is 67.5 cm³/mol. The molecule has 3 nitrogen and oxygen atoms in total. The van der Waals surface area contributed by atoms with Gasteiger partial charge in [0.15, 0.2) is 11.5 Å². The van der Waals surface area contributed by atoms with E-state index >= 15 is 0 Å². The van der Waals surface area contributed by atoms with E-state index in [4.69, 9.17) is 9.47 Å². The Bertz CT molecular complexity index is 304. The van der Waals surface area contributed by atoms with Crippen LogP contribution in [-0.4, -0.2) is 29.8 Å². The van der Waals surface area contributed by atoms with Crippen LogP contribution in [0.2, 0.25) is 0 Å². The van der Waals surface area contributed by atoms with Crippen LogP contribution in [0.1, 0.15) is 13.3 Å². The van der Waals surface area contributed by atoms with Gasteiger partial charge in [-0.25, -0.2) is 0 Å². The number of aliphatic hydroxyl groups is 1. The zero-order chi connectivity index (χ0) is 11.8. The van der Waals surface area contributed by atoms with Crippen molar-refractivity contribution in [1.82, 2.24) is 0 Å². The van der Waals surface area contributed by atoms with Gasteiger partial charge >= 0.3 is 0 Å². The van der Waals surface area contributed by atoms with Crippen LogP contribution in [0.5, 0.6) is 11.5 Å². The highest BCUT2D eigenvalue weighted by atomic mass is 79.9. The van der Waals surface area contributed by atoms with Crippen molar-refractivity contribution in [3.8, 4) is 11.5 Å². The van der Waals surface area contributed by atoms with Crippen molar-refractivity contribution in [1.29, 1.82) is 0 Å². The molecule has 0 saturated heterocycles. The standard InChI is InChI=1S/C12H17BrO3/c1-2-7-15-11-5-3-4-6-12(11)16-9-10(14)8-13/h3-6,10,14H,2,7-9H2,1H3. The third-order valence-electron chi connectivity index (χ3n) is 1.92. The number of rotatable bonds is 7. The molecule has 0 aliphatic rings. The van der Waals surface area contributed by atoms with Gasteiger partial charge in [-0.2, -0.15) is 0 Å². The second-order valence-corrected chi connectivity index (χ2v) is 4.06. The Balaban J connectivity index is 2.56. The minimum Gasteiger partial charge on any atom is -0.490 e. The molecule has 16 heavy (non-hydrogen) atoms. The predicted octanol–water partition coefficient (Wildman–Crippen LogP) is 2.61. The fraction of sp³-hybridized carbons (Fsp3) is 0.500. The molecule has 0 aliphatic heterocycles. The molecule has 0 heterocycles. The zero-order valence-corrected chi connectivity index (χ0v) is 10.9. The van der Waals surface area contributed by atoms with Gasteiger partial charge in [0, 0.05) is 5.33 Å². The van der Waals surface area contributed by atoms with E-state index in [9.17, 15) is 5.11 Å². The van der Waals surface area contributed by atoms with Gasteiger partial charge in [0.25, 0.3) is 0 Å². The summed E-state index contributed by atoms with van der Waals surface area (Å²) in [6.45, 7) is 2.98. The second-order valence-electron chi connectivity index (χ2n) is 3.41. The first-order valence-corrected chi connectivity index (χ1v) is 6.48. The van der Waals surface area contributed by atoms with Gasteiger partial charge in [0.2, 0.25) is 0 Å². The molecule has 1 aromatic carbocycles. The fourth-order valence-electron chi connectivity index (χ4n) is 1.13. The molecule has 0 aromatic heterocycles. The van der Waals surface area contributed by atoms with Gasteiger partial charge in [-0.1, -0.05) is 35.0 Å². The van der Waals surface area contributed by atoms with Crippen molar-refractivity contribution in [3.05, 3.63) is 24.3 Å². The third-order valence-corrected chi connectivity index (χ3v) is 2.67. The summed E-state index contributed by atoms with van der Waals surface area (Å²) in [4.78, 5) is 0. The SMILES string of the molecule is CCCOc1ccccc1OCC(O)CBr. The van der Waals surface area contributed by atoms with Crippen molar-refractivity contribution in [2.24, 2.45) is 0 Å². The van der Waals surface area contributed by atoms with Crippen molar-refractivity contribution in [2.45, 2.75) is 19.4 Å². The number of benzene rings is 1. The summed E-state index contributed by atoms with van der Waals surface area (Å²) in [6.07, 6.45) is 0.456. The van der Waals surface area contributed by atoms with E-state index in [-0.39, 0.29) is 6.61 Å². The van der Waals surface area contributed by atoms with E-state index in [0.717, 1.165) is 12.2 Å². The molecule has 1 unspecified atom stereocenters. The average molecular weight is 289 g/mol. The molecule has 1 rings (SSSR count). The number of hydrogen-bond acceptors (Lipinski definition) is 3. The van der Waals surface area contributed by atoms with Crippen LogP contribution in [-0.2, 0) is 0 Å². The number of ether oxygens (including phenoxy) is 2. The summed E-state index contributed by atoms with van der Waals surface area (Å²) in [5.41, 5.74) is 0. The lowest BCUT2D eigenvalue weighted by Crippen LogP contribution is -2.18. The summed E-state index contributed by atoms with van der Waals surface area (Å²) in [6, 6.07) is 7.49. The first-order valence-electron chi connectivity index (χ1n) is 5.36. The largest absolute Gasteiger partial charge is 0.490 e. The van der Waals surface area contributed by atoms with E-state index in [1.165, 1.54) is 0 Å². The molecular formula is C12H17BrO3. The zero-order valence-electron chi connectivity index (χ0n) is 9.36. The first-order chi connectivity index (χ1) is 7.77. The van der Waals surface area contributed by atoms with Crippen LogP contribution in [0.15, 0.2) is 24.3 Å². The van der Waals surface area contributed by atoms with E-state index in [0.29, 0.717) is 17.7 Å². The van der Waals surface area contributed by atoms with Gasteiger partial charge in [-0.05, 0) is 18.6 Å². The summed E-state index contributed by atoms with van der Waals surface area (Å²) in [5, 5.41) is 9.88. The lowest BCUT2D eigenvalue weighted by molar-refractivity contribution is 0.124.